The van der Waals surface area contributed by atoms with Crippen molar-refractivity contribution in [1.29, 1.82) is 0 Å². The lowest BCUT2D eigenvalue weighted by Crippen LogP contribution is -2.18. The number of aromatic nitrogens is 1. The van der Waals surface area contributed by atoms with Crippen LogP contribution in [0.3, 0.4) is 0 Å². The Morgan fingerprint density at radius 3 is 2.64 bits per heavy atom. The van der Waals surface area contributed by atoms with Crippen LogP contribution in [0, 0.1) is 0 Å². The highest BCUT2D eigenvalue weighted by Gasteiger charge is 2.10. The van der Waals surface area contributed by atoms with Gasteiger partial charge in [0, 0.05) is 28.9 Å². The predicted molar refractivity (Wildman–Crippen MR) is 128 cm³/mol. The summed E-state index contributed by atoms with van der Waals surface area (Å²) in [5, 5.41) is 8.43. The molecule has 0 fully saturated rings. The standard InChI is InChI=1S/C12H8Cl2N2S2.C9H21N/c13-8-6-18-12-9(4-10(14)16-11(8)12)15-5-7-2-1-3-17-7;1-3-5-6-8-9(10)7-4-2/h1-4,6H,5H2,(H,15,16);9H,3-8,10H2,1-2H3. The molecule has 7 heteroatoms. The summed E-state index contributed by atoms with van der Waals surface area (Å²) in [6, 6.07) is 6.44. The molecule has 0 bridgehead atoms. The molecule has 0 aliphatic rings. The van der Waals surface area contributed by atoms with Gasteiger partial charge in [-0.15, -0.1) is 22.7 Å². The number of hydrogen-bond donors (Lipinski definition) is 2. The molecule has 3 heterocycles. The van der Waals surface area contributed by atoms with Crippen molar-refractivity contribution in [3.05, 3.63) is 44.0 Å². The smallest absolute Gasteiger partial charge is 0.131 e. The summed E-state index contributed by atoms with van der Waals surface area (Å²) in [6.07, 6.45) is 7.62. The molecule has 3 N–H and O–H groups in total. The zero-order chi connectivity index (χ0) is 20.4. The number of unbranched alkanes of at least 4 members (excludes halogenated alkanes) is 2. The van der Waals surface area contributed by atoms with E-state index in [1.807, 2.05) is 17.5 Å². The molecule has 3 aromatic rings. The monoisotopic (exact) mass is 457 g/mol. The second-order valence-electron chi connectivity index (χ2n) is 6.73. The summed E-state index contributed by atoms with van der Waals surface area (Å²) < 4.78 is 1.04. The van der Waals surface area contributed by atoms with Gasteiger partial charge in [0.15, 0.2) is 0 Å². The van der Waals surface area contributed by atoms with Gasteiger partial charge in [-0.3, -0.25) is 0 Å². The molecular weight excluding hydrogens is 429 g/mol. The maximum atomic E-state index is 6.08. The maximum absolute atomic E-state index is 6.08. The van der Waals surface area contributed by atoms with E-state index in [1.165, 1.54) is 43.4 Å². The highest BCUT2D eigenvalue weighted by molar-refractivity contribution is 7.18. The Morgan fingerprint density at radius 2 is 1.96 bits per heavy atom. The molecule has 154 valence electrons. The summed E-state index contributed by atoms with van der Waals surface area (Å²) >= 11 is 15.4. The second kappa shape index (κ2) is 12.7. The minimum absolute atomic E-state index is 0.455. The van der Waals surface area contributed by atoms with Gasteiger partial charge in [-0.25, -0.2) is 4.98 Å². The third-order valence-electron chi connectivity index (χ3n) is 4.32. The van der Waals surface area contributed by atoms with Crippen LogP contribution < -0.4 is 11.1 Å². The fourth-order valence-corrected chi connectivity index (χ4v) is 4.87. The number of anilines is 1. The Labute approximate surface area is 186 Å². The first-order valence-corrected chi connectivity index (χ1v) is 12.3. The van der Waals surface area contributed by atoms with Gasteiger partial charge in [0.05, 0.1) is 15.4 Å². The van der Waals surface area contributed by atoms with Crippen molar-refractivity contribution in [3.63, 3.8) is 0 Å². The van der Waals surface area contributed by atoms with E-state index in [1.54, 1.807) is 22.7 Å². The van der Waals surface area contributed by atoms with Crippen molar-refractivity contribution in [2.24, 2.45) is 5.73 Å². The first-order valence-electron chi connectivity index (χ1n) is 9.80. The maximum Gasteiger partial charge on any atom is 0.131 e. The van der Waals surface area contributed by atoms with Gasteiger partial charge in [-0.05, 0) is 24.3 Å². The number of halogens is 2. The van der Waals surface area contributed by atoms with E-state index >= 15 is 0 Å². The van der Waals surface area contributed by atoms with Crippen LogP contribution in [-0.2, 0) is 6.54 Å². The SMILES string of the molecule is CCCCCC(N)CCC.Clc1cc(NCc2cccs2)c2scc(Cl)c2n1. The van der Waals surface area contributed by atoms with E-state index in [0.29, 0.717) is 16.2 Å². The third-order valence-corrected chi connectivity index (χ3v) is 6.81. The number of thiophene rings is 2. The van der Waals surface area contributed by atoms with Crippen molar-refractivity contribution in [2.75, 3.05) is 5.32 Å². The van der Waals surface area contributed by atoms with Crippen LogP contribution in [0.1, 0.15) is 57.2 Å². The Balaban J connectivity index is 0.000000242. The largest absolute Gasteiger partial charge is 0.379 e. The van der Waals surface area contributed by atoms with Crippen molar-refractivity contribution in [3.8, 4) is 0 Å². The van der Waals surface area contributed by atoms with Crippen LogP contribution in [0.25, 0.3) is 10.2 Å². The van der Waals surface area contributed by atoms with E-state index in [0.717, 1.165) is 22.4 Å². The summed E-state index contributed by atoms with van der Waals surface area (Å²) in [5.41, 5.74) is 7.57. The van der Waals surface area contributed by atoms with Gasteiger partial charge in [-0.2, -0.15) is 0 Å². The van der Waals surface area contributed by atoms with Crippen molar-refractivity contribution >= 4 is 61.8 Å². The average molecular weight is 459 g/mol. The zero-order valence-corrected chi connectivity index (χ0v) is 19.7. The highest BCUT2D eigenvalue weighted by atomic mass is 35.5. The molecule has 0 spiro atoms. The predicted octanol–water partition coefficient (Wildman–Crippen LogP) is 7.97. The molecule has 0 amide bonds. The molecule has 0 aromatic carbocycles. The van der Waals surface area contributed by atoms with Gasteiger partial charge in [0.25, 0.3) is 0 Å². The second-order valence-corrected chi connectivity index (χ2v) is 9.44. The molecule has 0 saturated heterocycles. The number of nitrogens with zero attached hydrogens (tertiary/aromatic N) is 1. The Kier molecular flexibility index (Phi) is 10.6. The van der Waals surface area contributed by atoms with Crippen LogP contribution in [0.5, 0.6) is 0 Å². The van der Waals surface area contributed by atoms with Crippen LogP contribution in [-0.4, -0.2) is 11.0 Å². The molecule has 1 unspecified atom stereocenters. The van der Waals surface area contributed by atoms with Gasteiger partial charge in [-0.1, -0.05) is 68.8 Å². The summed E-state index contributed by atoms with van der Waals surface area (Å²) in [5.74, 6) is 0. The van der Waals surface area contributed by atoms with E-state index in [9.17, 15) is 0 Å². The highest BCUT2D eigenvalue weighted by Crippen LogP contribution is 2.35. The first-order chi connectivity index (χ1) is 13.5. The molecule has 28 heavy (non-hydrogen) atoms. The minimum atomic E-state index is 0.455. The molecular formula is C21H29Cl2N3S2. The lowest BCUT2D eigenvalue weighted by molar-refractivity contribution is 0.524. The quantitative estimate of drug-likeness (QED) is 0.252. The van der Waals surface area contributed by atoms with Gasteiger partial charge < -0.3 is 11.1 Å². The van der Waals surface area contributed by atoms with E-state index in [-0.39, 0.29) is 0 Å². The zero-order valence-electron chi connectivity index (χ0n) is 16.5. The topological polar surface area (TPSA) is 50.9 Å². The minimum Gasteiger partial charge on any atom is -0.379 e. The summed E-state index contributed by atoms with van der Waals surface area (Å²) in [7, 11) is 0. The summed E-state index contributed by atoms with van der Waals surface area (Å²) in [6.45, 7) is 5.20. The molecule has 0 saturated carbocycles. The van der Waals surface area contributed by atoms with Crippen LogP contribution in [0.15, 0.2) is 29.0 Å². The van der Waals surface area contributed by atoms with Crippen molar-refractivity contribution in [2.45, 2.75) is 65.0 Å². The number of pyridine rings is 1. The van der Waals surface area contributed by atoms with Crippen LogP contribution >= 0.6 is 45.9 Å². The number of hydrogen-bond acceptors (Lipinski definition) is 5. The molecule has 0 radical (unpaired) electrons. The molecule has 3 nitrogen and oxygen atoms in total. The fourth-order valence-electron chi connectivity index (χ4n) is 2.85. The van der Waals surface area contributed by atoms with Crippen molar-refractivity contribution < 1.29 is 0 Å². The Hall–Kier alpha value is -0.850. The van der Waals surface area contributed by atoms with Crippen LogP contribution in [0.4, 0.5) is 5.69 Å². The molecule has 1 atom stereocenters. The summed E-state index contributed by atoms with van der Waals surface area (Å²) in [4.78, 5) is 5.52. The number of nitrogens with two attached hydrogens (primary N) is 1. The fraction of sp³-hybridized carbons (Fsp3) is 0.476. The van der Waals surface area contributed by atoms with E-state index in [4.69, 9.17) is 28.9 Å². The Bertz CT molecular complexity index is 819. The number of rotatable bonds is 9. The Morgan fingerprint density at radius 1 is 1.14 bits per heavy atom. The van der Waals surface area contributed by atoms with Gasteiger partial charge in [0.1, 0.15) is 10.7 Å². The molecule has 0 aliphatic carbocycles. The third kappa shape index (κ3) is 7.53. The molecule has 3 aromatic heterocycles. The first kappa shape index (κ1) is 23.4. The van der Waals surface area contributed by atoms with E-state index in [2.05, 4.69) is 35.6 Å². The number of nitrogens with one attached hydrogen (secondary N) is 1. The van der Waals surface area contributed by atoms with Gasteiger partial charge >= 0.3 is 0 Å². The lowest BCUT2D eigenvalue weighted by Gasteiger charge is -2.08. The van der Waals surface area contributed by atoms with Crippen molar-refractivity contribution in [1.82, 2.24) is 4.98 Å². The van der Waals surface area contributed by atoms with Crippen LogP contribution in [0.2, 0.25) is 10.2 Å². The normalized spacial score (nSPS) is 11.9. The van der Waals surface area contributed by atoms with E-state index < -0.39 is 0 Å². The number of fused-ring (bicyclic) bond motifs is 1. The lowest BCUT2D eigenvalue weighted by atomic mass is 10.1. The molecule has 0 aliphatic heterocycles. The average Bonchev–Trinajstić information content (AvgIpc) is 3.31. The van der Waals surface area contributed by atoms with Gasteiger partial charge in [0.2, 0.25) is 0 Å². The molecule has 3 rings (SSSR count).